The lowest BCUT2D eigenvalue weighted by Gasteiger charge is -2.25. The van der Waals surface area contributed by atoms with E-state index >= 15 is 0 Å². The van der Waals surface area contributed by atoms with Crippen LogP contribution in [0, 0.1) is 0 Å². The van der Waals surface area contributed by atoms with Crippen molar-refractivity contribution in [2.24, 2.45) is 0 Å². The largest absolute Gasteiger partial charge is 0.480 e. The van der Waals surface area contributed by atoms with Gasteiger partial charge in [0.15, 0.2) is 11.5 Å². The number of carboxylic acids is 1. The first kappa shape index (κ1) is 21.8. The van der Waals surface area contributed by atoms with Crippen LogP contribution in [0.2, 0.25) is 0 Å². The van der Waals surface area contributed by atoms with E-state index in [2.05, 4.69) is 0 Å². The van der Waals surface area contributed by atoms with Gasteiger partial charge in [0, 0.05) is 29.3 Å². The number of furan rings is 1. The van der Waals surface area contributed by atoms with E-state index in [1.807, 2.05) is 12.1 Å². The van der Waals surface area contributed by atoms with Crippen LogP contribution in [0.25, 0.3) is 10.8 Å². The molecular formula is C24H21NO6S. The van der Waals surface area contributed by atoms with Gasteiger partial charge < -0.3 is 14.4 Å². The molecule has 2 atom stereocenters. The van der Waals surface area contributed by atoms with Gasteiger partial charge in [0.2, 0.25) is 11.0 Å². The smallest absolute Gasteiger partial charge is 0.326 e. The maximum Gasteiger partial charge on any atom is 0.326 e. The molecule has 0 radical (unpaired) electrons. The number of fused-ring (bicyclic) bond motifs is 1. The molecule has 1 aromatic heterocycles. The van der Waals surface area contributed by atoms with Crippen LogP contribution >= 0.6 is 11.8 Å². The van der Waals surface area contributed by atoms with E-state index in [1.54, 1.807) is 42.5 Å². The Kier molecular flexibility index (Phi) is 6.41. The molecule has 1 saturated heterocycles. The number of amides is 1. The average Bonchev–Trinajstić information content (AvgIpc) is 3.46. The highest BCUT2D eigenvalue weighted by Crippen LogP contribution is 2.29. The molecule has 0 aliphatic carbocycles. The molecule has 1 N–H and O–H groups in total. The second kappa shape index (κ2) is 9.40. The SMILES string of the molecule is O=C(SC(CC(=O)c1occ2ccccc12)C(=O)N1CCC[C@H]1C(=O)O)c1ccccc1. The summed E-state index contributed by atoms with van der Waals surface area (Å²) in [5, 5.41) is 9.46. The molecule has 3 aromatic rings. The quantitative estimate of drug-likeness (QED) is 0.541. The number of likely N-dealkylation sites (tertiary alicyclic amines) is 1. The number of carboxylic acid groups (broad SMARTS) is 1. The van der Waals surface area contributed by atoms with Crippen LogP contribution in [0.1, 0.15) is 40.2 Å². The summed E-state index contributed by atoms with van der Waals surface area (Å²) in [7, 11) is 0. The topological polar surface area (TPSA) is 105 Å². The zero-order valence-electron chi connectivity index (χ0n) is 17.1. The number of rotatable bonds is 7. The molecule has 0 spiro atoms. The van der Waals surface area contributed by atoms with Gasteiger partial charge in [-0.25, -0.2) is 4.79 Å². The van der Waals surface area contributed by atoms with Crippen molar-refractivity contribution in [3.8, 4) is 0 Å². The van der Waals surface area contributed by atoms with Gasteiger partial charge in [-0.3, -0.25) is 14.4 Å². The van der Waals surface area contributed by atoms with Crippen LogP contribution in [0.5, 0.6) is 0 Å². The third-order valence-corrected chi connectivity index (χ3v) is 6.59. The van der Waals surface area contributed by atoms with Gasteiger partial charge >= 0.3 is 5.97 Å². The second-order valence-corrected chi connectivity index (χ2v) is 8.74. The molecule has 2 heterocycles. The summed E-state index contributed by atoms with van der Waals surface area (Å²) >= 11 is 0.752. The van der Waals surface area contributed by atoms with Gasteiger partial charge in [0.05, 0.1) is 11.5 Å². The number of Topliss-reactive ketones (excluding diaryl/α,β-unsaturated/α-hetero) is 1. The fourth-order valence-corrected chi connectivity index (χ4v) is 4.89. The monoisotopic (exact) mass is 451 g/mol. The van der Waals surface area contributed by atoms with Crippen LogP contribution in [-0.4, -0.2) is 50.6 Å². The maximum absolute atomic E-state index is 13.3. The number of nitrogens with zero attached hydrogens (tertiary/aromatic N) is 1. The van der Waals surface area contributed by atoms with Crippen LogP contribution in [0.4, 0.5) is 0 Å². The molecule has 1 aliphatic heterocycles. The Hall–Kier alpha value is -3.39. The summed E-state index contributed by atoms with van der Waals surface area (Å²) in [6.07, 6.45) is 2.11. The first-order valence-corrected chi connectivity index (χ1v) is 11.1. The molecule has 1 amide bonds. The summed E-state index contributed by atoms with van der Waals surface area (Å²) in [5.74, 6) is -1.89. The van der Waals surface area contributed by atoms with Crippen molar-refractivity contribution in [3.63, 3.8) is 0 Å². The van der Waals surface area contributed by atoms with Crippen LogP contribution in [0.3, 0.4) is 0 Å². The molecule has 4 rings (SSSR count). The van der Waals surface area contributed by atoms with E-state index in [0.717, 1.165) is 17.1 Å². The Morgan fingerprint density at radius 2 is 1.78 bits per heavy atom. The van der Waals surface area contributed by atoms with Gasteiger partial charge in [0.25, 0.3) is 0 Å². The van der Waals surface area contributed by atoms with Gasteiger partial charge in [-0.1, -0.05) is 66.4 Å². The molecule has 1 unspecified atom stereocenters. The predicted molar refractivity (Wildman–Crippen MR) is 120 cm³/mol. The zero-order valence-corrected chi connectivity index (χ0v) is 17.9. The van der Waals surface area contributed by atoms with E-state index in [1.165, 1.54) is 11.2 Å². The van der Waals surface area contributed by atoms with Gasteiger partial charge in [-0.15, -0.1) is 0 Å². The maximum atomic E-state index is 13.3. The summed E-state index contributed by atoms with van der Waals surface area (Å²) < 4.78 is 5.47. The van der Waals surface area contributed by atoms with E-state index in [-0.39, 0.29) is 23.8 Å². The highest BCUT2D eigenvalue weighted by atomic mass is 32.2. The van der Waals surface area contributed by atoms with Crippen molar-refractivity contribution >= 4 is 45.3 Å². The number of hydrogen-bond donors (Lipinski definition) is 1. The number of hydrogen-bond acceptors (Lipinski definition) is 6. The van der Waals surface area contributed by atoms with Gasteiger partial charge in [-0.05, 0) is 12.8 Å². The van der Waals surface area contributed by atoms with E-state index in [9.17, 15) is 24.3 Å². The minimum absolute atomic E-state index is 0.127. The van der Waals surface area contributed by atoms with Crippen molar-refractivity contribution in [2.45, 2.75) is 30.6 Å². The Bertz CT molecular complexity index is 1170. The minimum Gasteiger partial charge on any atom is -0.480 e. The van der Waals surface area contributed by atoms with Crippen molar-refractivity contribution in [1.29, 1.82) is 0 Å². The molecule has 2 aromatic carbocycles. The Balaban J connectivity index is 1.60. The molecule has 0 bridgehead atoms. The minimum atomic E-state index is -1.09. The lowest BCUT2D eigenvalue weighted by Crippen LogP contribution is -2.45. The lowest BCUT2D eigenvalue weighted by atomic mass is 10.1. The third kappa shape index (κ3) is 4.45. The first-order chi connectivity index (χ1) is 15.5. The first-order valence-electron chi connectivity index (χ1n) is 10.2. The van der Waals surface area contributed by atoms with Crippen LogP contribution in [-0.2, 0) is 9.59 Å². The predicted octanol–water partition coefficient (Wildman–Crippen LogP) is 4.02. The number of thioether (sulfide) groups is 1. The van der Waals surface area contributed by atoms with Crippen LogP contribution < -0.4 is 0 Å². The number of carbonyl (C=O) groups excluding carboxylic acids is 3. The van der Waals surface area contributed by atoms with Crippen molar-refractivity contribution in [1.82, 2.24) is 4.90 Å². The molecule has 7 nitrogen and oxygen atoms in total. The fraction of sp³-hybridized carbons (Fsp3) is 0.250. The standard InChI is InChI=1S/C24H21NO6S/c26-19(21-17-10-5-4-9-16(17)14-31-21)13-20(32-24(30)15-7-2-1-3-8-15)22(27)25-12-6-11-18(25)23(28)29/h1-5,7-10,14,18,20H,6,11-13H2,(H,28,29)/t18-,20?/m0/s1. The number of benzene rings is 2. The Morgan fingerprint density at radius 3 is 2.53 bits per heavy atom. The molecule has 8 heteroatoms. The van der Waals surface area contributed by atoms with Crippen molar-refractivity contribution < 1.29 is 28.7 Å². The van der Waals surface area contributed by atoms with Crippen molar-refractivity contribution in [2.75, 3.05) is 6.54 Å². The Morgan fingerprint density at radius 1 is 1.06 bits per heavy atom. The second-order valence-electron chi connectivity index (χ2n) is 7.57. The molecule has 1 aliphatic rings. The summed E-state index contributed by atoms with van der Waals surface area (Å²) in [6.45, 7) is 0.282. The molecular weight excluding hydrogens is 430 g/mol. The molecule has 0 saturated carbocycles. The summed E-state index contributed by atoms with van der Waals surface area (Å²) in [5.41, 5.74) is 0.405. The molecule has 32 heavy (non-hydrogen) atoms. The zero-order chi connectivity index (χ0) is 22.7. The van der Waals surface area contributed by atoms with E-state index in [4.69, 9.17) is 4.42 Å². The van der Waals surface area contributed by atoms with Gasteiger partial charge in [0.1, 0.15) is 6.04 Å². The van der Waals surface area contributed by atoms with E-state index < -0.39 is 29.0 Å². The van der Waals surface area contributed by atoms with Crippen molar-refractivity contribution in [3.05, 3.63) is 72.2 Å². The average molecular weight is 452 g/mol. The normalized spacial score (nSPS) is 16.8. The van der Waals surface area contributed by atoms with Crippen LogP contribution in [0.15, 0.2) is 65.3 Å². The summed E-state index contributed by atoms with van der Waals surface area (Å²) in [6, 6.07) is 14.7. The lowest BCUT2D eigenvalue weighted by molar-refractivity contribution is -0.147. The highest BCUT2D eigenvalue weighted by Gasteiger charge is 2.39. The number of aliphatic carboxylic acids is 1. The number of ketones is 1. The molecule has 1 fully saturated rings. The third-order valence-electron chi connectivity index (χ3n) is 5.49. The Labute approximate surface area is 188 Å². The number of carbonyl (C=O) groups is 4. The summed E-state index contributed by atoms with van der Waals surface area (Å²) in [4.78, 5) is 52.0. The van der Waals surface area contributed by atoms with E-state index in [0.29, 0.717) is 23.8 Å². The van der Waals surface area contributed by atoms with Gasteiger partial charge in [-0.2, -0.15) is 0 Å². The molecule has 164 valence electrons. The highest BCUT2D eigenvalue weighted by molar-refractivity contribution is 8.15. The fourth-order valence-electron chi connectivity index (χ4n) is 3.89.